The van der Waals surface area contributed by atoms with Gasteiger partial charge in [-0.05, 0) is 49.9 Å². The van der Waals surface area contributed by atoms with Crippen molar-refractivity contribution in [1.29, 1.82) is 0 Å². The van der Waals surface area contributed by atoms with Gasteiger partial charge in [0.2, 0.25) is 0 Å². The summed E-state index contributed by atoms with van der Waals surface area (Å²) in [5.74, 6) is 0.290. The van der Waals surface area contributed by atoms with Crippen LogP contribution in [0.15, 0.2) is 18.2 Å². The second kappa shape index (κ2) is 3.41. The van der Waals surface area contributed by atoms with Gasteiger partial charge in [-0.25, -0.2) is 4.39 Å². The molecule has 0 aromatic heterocycles. The monoisotopic (exact) mass is 245 g/mol. The van der Waals surface area contributed by atoms with Crippen LogP contribution < -0.4 is 0 Å². The van der Waals surface area contributed by atoms with E-state index in [1.54, 1.807) is 0 Å². The van der Waals surface area contributed by atoms with E-state index in [1.165, 1.54) is 18.6 Å². The summed E-state index contributed by atoms with van der Waals surface area (Å²) in [4.78, 5) is 14.9. The van der Waals surface area contributed by atoms with Gasteiger partial charge in [-0.3, -0.25) is 9.69 Å². The molecule has 2 fully saturated rings. The van der Waals surface area contributed by atoms with Gasteiger partial charge in [0.15, 0.2) is 5.78 Å². The first-order chi connectivity index (χ1) is 8.66. The van der Waals surface area contributed by atoms with Gasteiger partial charge in [0.05, 0.1) is 0 Å². The SMILES string of the molecule is CN1C2CCC1[C@H]1C(=O)c3cc(F)ccc3[C@H]1C2. The van der Waals surface area contributed by atoms with Crippen LogP contribution in [0, 0.1) is 11.7 Å². The molecule has 1 aromatic carbocycles. The molecular weight excluding hydrogens is 229 g/mol. The van der Waals surface area contributed by atoms with Crippen LogP contribution in [0.25, 0.3) is 0 Å². The normalized spacial score (nSPS) is 37.8. The molecule has 2 heterocycles. The predicted molar refractivity (Wildman–Crippen MR) is 66.2 cm³/mol. The van der Waals surface area contributed by atoms with E-state index in [2.05, 4.69) is 11.9 Å². The zero-order valence-electron chi connectivity index (χ0n) is 10.4. The van der Waals surface area contributed by atoms with E-state index in [9.17, 15) is 9.18 Å². The van der Waals surface area contributed by atoms with Crippen LogP contribution in [0.3, 0.4) is 0 Å². The minimum atomic E-state index is -0.292. The Kier molecular flexibility index (Phi) is 2.03. The zero-order chi connectivity index (χ0) is 12.4. The first-order valence-electron chi connectivity index (χ1n) is 6.72. The molecule has 2 unspecified atom stereocenters. The molecule has 2 saturated heterocycles. The highest BCUT2D eigenvalue weighted by atomic mass is 19.1. The second-order valence-electron chi connectivity index (χ2n) is 5.93. The van der Waals surface area contributed by atoms with E-state index >= 15 is 0 Å². The molecule has 3 aliphatic rings. The number of rotatable bonds is 0. The largest absolute Gasteiger partial charge is 0.300 e. The average Bonchev–Trinajstić information content (AvgIpc) is 2.74. The lowest BCUT2D eigenvalue weighted by Crippen LogP contribution is -2.46. The number of Topliss-reactive ketones (excluding diaryl/α,β-unsaturated/α-hetero) is 1. The van der Waals surface area contributed by atoms with Crippen LogP contribution >= 0.6 is 0 Å². The first kappa shape index (κ1) is 10.7. The Bertz CT molecular complexity index is 541. The van der Waals surface area contributed by atoms with Crippen molar-refractivity contribution in [3.05, 3.63) is 35.1 Å². The van der Waals surface area contributed by atoms with E-state index < -0.39 is 0 Å². The summed E-state index contributed by atoms with van der Waals surface area (Å²) in [6.45, 7) is 0. The van der Waals surface area contributed by atoms with Crippen molar-refractivity contribution < 1.29 is 9.18 Å². The highest BCUT2D eigenvalue weighted by molar-refractivity contribution is 6.03. The van der Waals surface area contributed by atoms with Gasteiger partial charge in [0.25, 0.3) is 0 Å². The van der Waals surface area contributed by atoms with Gasteiger partial charge in [0, 0.05) is 23.6 Å². The Morgan fingerprint density at radius 1 is 1.33 bits per heavy atom. The maximum Gasteiger partial charge on any atom is 0.168 e. The first-order valence-corrected chi connectivity index (χ1v) is 6.72. The van der Waals surface area contributed by atoms with Crippen molar-refractivity contribution >= 4 is 5.78 Å². The summed E-state index contributed by atoms with van der Waals surface area (Å²) < 4.78 is 13.3. The average molecular weight is 245 g/mol. The Hall–Kier alpha value is -1.22. The molecule has 1 aliphatic carbocycles. The summed E-state index contributed by atoms with van der Waals surface area (Å²) in [6.07, 6.45) is 3.38. The lowest BCUT2D eigenvalue weighted by atomic mass is 9.80. The van der Waals surface area contributed by atoms with Crippen molar-refractivity contribution in [2.24, 2.45) is 5.92 Å². The zero-order valence-corrected chi connectivity index (χ0v) is 10.4. The molecule has 0 spiro atoms. The lowest BCUT2D eigenvalue weighted by Gasteiger charge is -2.39. The van der Waals surface area contributed by atoms with Crippen LogP contribution in [0.2, 0.25) is 0 Å². The third kappa shape index (κ3) is 1.18. The lowest BCUT2D eigenvalue weighted by molar-refractivity contribution is 0.0697. The highest BCUT2D eigenvalue weighted by Gasteiger charge is 2.53. The number of fused-ring (bicyclic) bond motifs is 6. The Morgan fingerprint density at radius 2 is 2.17 bits per heavy atom. The molecule has 2 nitrogen and oxygen atoms in total. The summed E-state index contributed by atoms with van der Waals surface area (Å²) in [6, 6.07) is 5.74. The Balaban J connectivity index is 1.84. The van der Waals surface area contributed by atoms with Gasteiger partial charge in [0.1, 0.15) is 5.82 Å². The molecule has 94 valence electrons. The number of nitrogens with zero attached hydrogens (tertiary/aromatic N) is 1. The van der Waals surface area contributed by atoms with E-state index in [1.807, 2.05) is 6.07 Å². The topological polar surface area (TPSA) is 20.3 Å². The van der Waals surface area contributed by atoms with Crippen LogP contribution in [-0.4, -0.2) is 29.8 Å². The summed E-state index contributed by atoms with van der Waals surface area (Å²) >= 11 is 0. The molecule has 0 radical (unpaired) electrons. The second-order valence-corrected chi connectivity index (χ2v) is 5.93. The third-order valence-corrected chi connectivity index (χ3v) is 5.25. The number of hydrogen-bond acceptors (Lipinski definition) is 2. The number of ketones is 1. The number of halogens is 1. The van der Waals surface area contributed by atoms with Crippen LogP contribution in [0.4, 0.5) is 4.39 Å². The summed E-state index contributed by atoms with van der Waals surface area (Å²) in [7, 11) is 2.13. The standard InChI is InChI=1S/C15H16FNO/c1-17-9-3-5-13(17)14-11(7-9)10-4-2-8(16)6-12(10)15(14)18/h2,4,6,9,11,13-14H,3,5,7H2,1H3/t9?,11-,13?,14+/m1/s1. The fraction of sp³-hybridized carbons (Fsp3) is 0.533. The number of benzene rings is 1. The molecule has 18 heavy (non-hydrogen) atoms. The minimum absolute atomic E-state index is 0.0746. The molecule has 4 rings (SSSR count). The van der Waals surface area contributed by atoms with Gasteiger partial charge in [-0.15, -0.1) is 0 Å². The van der Waals surface area contributed by atoms with Gasteiger partial charge in [-0.2, -0.15) is 0 Å². The molecule has 3 heteroatoms. The van der Waals surface area contributed by atoms with Crippen molar-refractivity contribution in [1.82, 2.24) is 4.90 Å². The summed E-state index contributed by atoms with van der Waals surface area (Å²) in [5.41, 5.74) is 1.74. The van der Waals surface area contributed by atoms with E-state index in [4.69, 9.17) is 0 Å². The number of carbonyl (C=O) groups is 1. The molecule has 0 amide bonds. The van der Waals surface area contributed by atoms with Crippen LogP contribution in [0.5, 0.6) is 0 Å². The van der Waals surface area contributed by atoms with E-state index in [0.29, 0.717) is 23.6 Å². The van der Waals surface area contributed by atoms with Crippen LogP contribution in [-0.2, 0) is 0 Å². The van der Waals surface area contributed by atoms with E-state index in [-0.39, 0.29) is 17.5 Å². The molecule has 0 N–H and O–H groups in total. The summed E-state index contributed by atoms with van der Waals surface area (Å²) in [5, 5.41) is 0. The number of piperidine rings is 1. The van der Waals surface area contributed by atoms with Crippen molar-refractivity contribution in [3.8, 4) is 0 Å². The molecule has 1 aromatic rings. The van der Waals surface area contributed by atoms with Gasteiger partial charge >= 0.3 is 0 Å². The highest BCUT2D eigenvalue weighted by Crippen LogP contribution is 2.51. The minimum Gasteiger partial charge on any atom is -0.300 e. The predicted octanol–water partition coefficient (Wildman–Crippen LogP) is 2.59. The molecule has 2 bridgehead atoms. The quantitative estimate of drug-likeness (QED) is 0.700. The fourth-order valence-corrected chi connectivity index (χ4v) is 4.39. The van der Waals surface area contributed by atoms with E-state index in [0.717, 1.165) is 18.4 Å². The smallest absolute Gasteiger partial charge is 0.168 e. The van der Waals surface area contributed by atoms with Crippen molar-refractivity contribution in [2.75, 3.05) is 7.05 Å². The van der Waals surface area contributed by atoms with Crippen molar-refractivity contribution in [3.63, 3.8) is 0 Å². The van der Waals surface area contributed by atoms with Crippen LogP contribution in [0.1, 0.15) is 41.1 Å². The molecule has 0 saturated carbocycles. The Morgan fingerprint density at radius 3 is 3.00 bits per heavy atom. The maximum absolute atomic E-state index is 13.3. The van der Waals surface area contributed by atoms with Gasteiger partial charge < -0.3 is 0 Å². The Labute approximate surface area is 106 Å². The fourth-order valence-electron chi connectivity index (χ4n) is 4.39. The number of hydrogen-bond donors (Lipinski definition) is 0. The third-order valence-electron chi connectivity index (χ3n) is 5.25. The van der Waals surface area contributed by atoms with Crippen molar-refractivity contribution in [2.45, 2.75) is 37.3 Å². The number of carbonyl (C=O) groups excluding carboxylic acids is 1. The molecule has 4 atom stereocenters. The maximum atomic E-state index is 13.3. The molecule has 2 aliphatic heterocycles. The molecular formula is C15H16FNO. The van der Waals surface area contributed by atoms with Gasteiger partial charge in [-0.1, -0.05) is 6.07 Å².